The number of ether oxygens (including phenoxy) is 1. The molecule has 24 heavy (non-hydrogen) atoms. The van der Waals surface area contributed by atoms with Gasteiger partial charge in [-0.3, -0.25) is 9.48 Å². The van der Waals surface area contributed by atoms with Crippen molar-refractivity contribution >= 4 is 5.91 Å². The van der Waals surface area contributed by atoms with Gasteiger partial charge in [-0.05, 0) is 31.9 Å². The van der Waals surface area contributed by atoms with Crippen LogP contribution in [0, 0.1) is 0 Å². The Morgan fingerprint density at radius 2 is 2.25 bits per heavy atom. The number of hydrogen-bond donors (Lipinski definition) is 1. The quantitative estimate of drug-likeness (QED) is 0.908. The zero-order valence-corrected chi connectivity index (χ0v) is 14.1. The van der Waals surface area contributed by atoms with Crippen LogP contribution in [0.4, 0.5) is 0 Å². The van der Waals surface area contributed by atoms with Gasteiger partial charge in [0, 0.05) is 19.2 Å². The van der Waals surface area contributed by atoms with E-state index in [4.69, 9.17) is 9.15 Å². The minimum absolute atomic E-state index is 0.159. The summed E-state index contributed by atoms with van der Waals surface area (Å²) in [5.41, 5.74) is 1.60. The third-order valence-electron chi connectivity index (χ3n) is 4.13. The number of hydrogen-bond acceptors (Lipinski definition) is 5. The Morgan fingerprint density at radius 3 is 3.00 bits per heavy atom. The highest BCUT2D eigenvalue weighted by atomic mass is 16.6. The summed E-state index contributed by atoms with van der Waals surface area (Å²) in [4.78, 5) is 14.4. The summed E-state index contributed by atoms with van der Waals surface area (Å²) in [6.45, 7) is 6.09. The van der Waals surface area contributed by atoms with E-state index in [0.717, 1.165) is 18.7 Å². The van der Waals surface area contributed by atoms with E-state index in [2.05, 4.69) is 5.10 Å². The van der Waals surface area contributed by atoms with Gasteiger partial charge in [-0.25, -0.2) is 0 Å². The van der Waals surface area contributed by atoms with Crippen LogP contribution in [0.3, 0.4) is 0 Å². The summed E-state index contributed by atoms with van der Waals surface area (Å²) in [5, 5.41) is 14.4. The lowest BCUT2D eigenvalue weighted by Crippen LogP contribution is -2.30. The summed E-state index contributed by atoms with van der Waals surface area (Å²) >= 11 is 0. The second kappa shape index (κ2) is 7.09. The van der Waals surface area contributed by atoms with Crippen molar-refractivity contribution in [3.05, 3.63) is 35.3 Å². The smallest absolute Gasteiger partial charge is 0.290 e. The Balaban J connectivity index is 1.77. The van der Waals surface area contributed by atoms with Crippen molar-refractivity contribution in [2.45, 2.75) is 45.9 Å². The third-order valence-corrected chi connectivity index (χ3v) is 4.13. The van der Waals surface area contributed by atoms with Gasteiger partial charge < -0.3 is 19.2 Å². The standard InChI is InChI=1S/C17H23N3O4/c1-3-14(21)13-10-12-11-19(8-5-9-20(12)18-13)17(22)15-6-7-16(24-15)23-4-2/h6-7,10,14,21H,3-5,8-9,11H2,1-2H3/t14-/m1/s1. The molecule has 1 N–H and O–H groups in total. The first-order valence-corrected chi connectivity index (χ1v) is 8.39. The van der Waals surface area contributed by atoms with Gasteiger partial charge in [0.25, 0.3) is 11.9 Å². The molecule has 0 aliphatic carbocycles. The number of amides is 1. The second-order valence-corrected chi connectivity index (χ2v) is 5.84. The number of rotatable bonds is 5. The van der Waals surface area contributed by atoms with E-state index in [-0.39, 0.29) is 11.7 Å². The molecule has 0 saturated heterocycles. The Morgan fingerprint density at radius 1 is 1.42 bits per heavy atom. The molecule has 2 aromatic rings. The van der Waals surface area contributed by atoms with Gasteiger partial charge in [-0.2, -0.15) is 5.10 Å². The number of aromatic nitrogens is 2. The highest BCUT2D eigenvalue weighted by Crippen LogP contribution is 2.22. The maximum Gasteiger partial charge on any atom is 0.290 e. The normalized spacial score (nSPS) is 15.7. The van der Waals surface area contributed by atoms with E-state index in [1.807, 2.05) is 24.6 Å². The van der Waals surface area contributed by atoms with Crippen molar-refractivity contribution in [2.24, 2.45) is 0 Å². The highest BCUT2D eigenvalue weighted by Gasteiger charge is 2.25. The van der Waals surface area contributed by atoms with Crippen LogP contribution >= 0.6 is 0 Å². The van der Waals surface area contributed by atoms with Crippen LogP contribution in [0.5, 0.6) is 5.95 Å². The van der Waals surface area contributed by atoms with Gasteiger partial charge in [0.05, 0.1) is 30.6 Å². The van der Waals surface area contributed by atoms with Crippen LogP contribution in [-0.4, -0.2) is 38.8 Å². The predicted octanol–water partition coefficient (Wildman–Crippen LogP) is 2.36. The zero-order chi connectivity index (χ0) is 17.1. The fourth-order valence-corrected chi connectivity index (χ4v) is 2.84. The van der Waals surface area contributed by atoms with E-state index in [0.29, 0.717) is 37.8 Å². The lowest BCUT2D eigenvalue weighted by atomic mass is 10.2. The lowest BCUT2D eigenvalue weighted by molar-refractivity contribution is 0.0705. The van der Waals surface area contributed by atoms with Gasteiger partial charge in [-0.1, -0.05) is 6.92 Å². The average Bonchev–Trinajstić information content (AvgIpc) is 3.16. The number of aliphatic hydroxyl groups is 1. The monoisotopic (exact) mass is 333 g/mol. The molecule has 0 fully saturated rings. The molecule has 7 nitrogen and oxygen atoms in total. The van der Waals surface area contributed by atoms with Gasteiger partial charge >= 0.3 is 0 Å². The number of nitrogens with zero attached hydrogens (tertiary/aromatic N) is 3. The van der Waals surface area contributed by atoms with Crippen LogP contribution in [0.1, 0.15) is 54.7 Å². The Kier molecular flexibility index (Phi) is 4.89. The second-order valence-electron chi connectivity index (χ2n) is 5.84. The Bertz CT molecular complexity index is 707. The number of carbonyl (C=O) groups excluding carboxylic acids is 1. The molecule has 1 aliphatic rings. The van der Waals surface area contributed by atoms with Crippen LogP contribution in [0.2, 0.25) is 0 Å². The Hall–Kier alpha value is -2.28. The molecule has 7 heteroatoms. The van der Waals surface area contributed by atoms with Gasteiger partial charge in [0.1, 0.15) is 0 Å². The molecule has 0 aromatic carbocycles. The highest BCUT2D eigenvalue weighted by molar-refractivity contribution is 5.91. The predicted molar refractivity (Wildman–Crippen MR) is 86.7 cm³/mol. The van der Waals surface area contributed by atoms with Crippen molar-refractivity contribution in [3.8, 4) is 5.95 Å². The van der Waals surface area contributed by atoms with Crippen molar-refractivity contribution in [3.63, 3.8) is 0 Å². The number of fused-ring (bicyclic) bond motifs is 1. The van der Waals surface area contributed by atoms with Gasteiger partial charge in [-0.15, -0.1) is 0 Å². The topological polar surface area (TPSA) is 80.7 Å². The largest absolute Gasteiger partial charge is 0.465 e. The molecule has 0 saturated carbocycles. The number of aryl methyl sites for hydroxylation is 1. The molecule has 2 aromatic heterocycles. The first kappa shape index (κ1) is 16.6. The van der Waals surface area contributed by atoms with E-state index >= 15 is 0 Å². The maximum atomic E-state index is 12.7. The molecule has 0 radical (unpaired) electrons. The molecule has 0 unspecified atom stereocenters. The summed E-state index contributed by atoms with van der Waals surface area (Å²) in [6, 6.07) is 5.18. The van der Waals surface area contributed by atoms with E-state index in [1.54, 1.807) is 17.0 Å². The van der Waals surface area contributed by atoms with Gasteiger partial charge in [0.15, 0.2) is 5.76 Å². The van der Waals surface area contributed by atoms with Crippen LogP contribution in [0.15, 0.2) is 22.6 Å². The molecule has 130 valence electrons. The maximum absolute atomic E-state index is 12.7. The fraction of sp³-hybridized carbons (Fsp3) is 0.529. The average molecular weight is 333 g/mol. The molecule has 0 spiro atoms. The molecular formula is C17H23N3O4. The van der Waals surface area contributed by atoms with Gasteiger partial charge in [0.2, 0.25) is 0 Å². The van der Waals surface area contributed by atoms with E-state index in [1.165, 1.54) is 0 Å². The molecule has 0 bridgehead atoms. The number of carbonyl (C=O) groups is 1. The van der Waals surface area contributed by atoms with Crippen molar-refractivity contribution in [1.29, 1.82) is 0 Å². The van der Waals surface area contributed by atoms with E-state index < -0.39 is 6.10 Å². The molecular weight excluding hydrogens is 310 g/mol. The van der Waals surface area contributed by atoms with Crippen LogP contribution in [0.25, 0.3) is 0 Å². The summed E-state index contributed by atoms with van der Waals surface area (Å²) in [5.74, 6) is 0.475. The molecule has 3 rings (SSSR count). The number of furan rings is 1. The summed E-state index contributed by atoms with van der Waals surface area (Å²) in [7, 11) is 0. The summed E-state index contributed by atoms with van der Waals surface area (Å²) in [6.07, 6.45) is 0.861. The Labute approximate surface area is 140 Å². The van der Waals surface area contributed by atoms with Crippen molar-refractivity contribution in [2.75, 3.05) is 13.2 Å². The minimum Gasteiger partial charge on any atom is -0.465 e. The SMILES string of the molecule is CCOc1ccc(C(=O)N2CCCn3nc([C@H](O)CC)cc3C2)o1. The molecule has 3 heterocycles. The van der Waals surface area contributed by atoms with Crippen LogP contribution < -0.4 is 4.74 Å². The first-order chi connectivity index (χ1) is 11.6. The molecule has 1 atom stereocenters. The van der Waals surface area contributed by atoms with Crippen molar-refractivity contribution < 1.29 is 19.1 Å². The third kappa shape index (κ3) is 3.31. The summed E-state index contributed by atoms with van der Waals surface area (Å²) < 4.78 is 12.6. The zero-order valence-electron chi connectivity index (χ0n) is 14.1. The lowest BCUT2D eigenvalue weighted by Gasteiger charge is -2.18. The number of aliphatic hydroxyl groups excluding tert-OH is 1. The molecule has 1 amide bonds. The van der Waals surface area contributed by atoms with Crippen molar-refractivity contribution in [1.82, 2.24) is 14.7 Å². The first-order valence-electron chi connectivity index (χ1n) is 8.39. The molecule has 1 aliphatic heterocycles. The van der Waals surface area contributed by atoms with Crippen LogP contribution in [-0.2, 0) is 13.1 Å². The minimum atomic E-state index is -0.563. The van der Waals surface area contributed by atoms with E-state index in [9.17, 15) is 9.90 Å². The fourth-order valence-electron chi connectivity index (χ4n) is 2.84.